The van der Waals surface area contributed by atoms with Crippen LogP contribution in [-0.2, 0) is 4.79 Å². The van der Waals surface area contributed by atoms with E-state index in [4.69, 9.17) is 4.98 Å². The zero-order chi connectivity index (χ0) is 24.1. The lowest BCUT2D eigenvalue weighted by atomic mass is 10.2. The second-order valence-electron chi connectivity index (χ2n) is 7.94. The van der Waals surface area contributed by atoms with E-state index in [9.17, 15) is 18.0 Å². The first kappa shape index (κ1) is 23.6. The molecule has 4 rings (SSSR count). The number of likely N-dealkylation sites (N-methyl/N-ethyl adjacent to an activating group) is 1. The number of nitrogens with zero attached hydrogens (tertiary/aromatic N) is 3. The van der Waals surface area contributed by atoms with E-state index < -0.39 is 6.36 Å². The van der Waals surface area contributed by atoms with Gasteiger partial charge in [-0.05, 0) is 60.6 Å². The molecule has 34 heavy (non-hydrogen) atoms. The van der Waals surface area contributed by atoms with Gasteiger partial charge in [-0.2, -0.15) is 0 Å². The van der Waals surface area contributed by atoms with Gasteiger partial charge in [-0.1, -0.05) is 19.1 Å². The molecule has 1 N–H and O–H groups in total. The molecular weight excluding hydrogens is 445 g/mol. The normalized spacial score (nSPS) is 15.1. The van der Waals surface area contributed by atoms with Gasteiger partial charge in [0.05, 0.1) is 5.52 Å². The zero-order valence-corrected chi connectivity index (χ0v) is 18.7. The van der Waals surface area contributed by atoms with Crippen molar-refractivity contribution in [3.05, 3.63) is 66.2 Å². The smallest absolute Gasteiger partial charge is 0.406 e. The number of carbonyl (C=O) groups excluding carboxylic acids is 1. The van der Waals surface area contributed by atoms with Gasteiger partial charge in [0.15, 0.2) is 0 Å². The van der Waals surface area contributed by atoms with Crippen molar-refractivity contribution in [2.24, 2.45) is 0 Å². The van der Waals surface area contributed by atoms with Gasteiger partial charge in [0.2, 0.25) is 5.91 Å². The summed E-state index contributed by atoms with van der Waals surface area (Å²) in [6.45, 7) is 7.19. The molecule has 1 aliphatic rings. The summed E-state index contributed by atoms with van der Waals surface area (Å²) in [5.74, 6) is 0.285. The molecular formula is C25H25F3N4O2. The first-order valence-electron chi connectivity index (χ1n) is 11.0. The maximum Gasteiger partial charge on any atom is 0.573 e. The van der Waals surface area contributed by atoms with Crippen LogP contribution in [0.5, 0.6) is 5.75 Å². The Morgan fingerprint density at radius 3 is 2.47 bits per heavy atom. The molecule has 178 valence electrons. The molecule has 0 bridgehead atoms. The summed E-state index contributed by atoms with van der Waals surface area (Å²) in [7, 11) is 0. The van der Waals surface area contributed by atoms with Crippen molar-refractivity contribution in [1.29, 1.82) is 0 Å². The molecule has 1 fully saturated rings. The maximum atomic E-state index is 12.3. The first-order valence-corrected chi connectivity index (χ1v) is 11.0. The minimum atomic E-state index is -4.74. The summed E-state index contributed by atoms with van der Waals surface area (Å²) in [4.78, 5) is 21.8. The summed E-state index contributed by atoms with van der Waals surface area (Å²) in [5, 5.41) is 3.71. The molecule has 3 aromatic rings. The predicted molar refractivity (Wildman–Crippen MR) is 127 cm³/mol. The van der Waals surface area contributed by atoms with E-state index >= 15 is 0 Å². The molecule has 0 radical (unpaired) electrons. The van der Waals surface area contributed by atoms with Gasteiger partial charge in [0.25, 0.3) is 0 Å². The number of alkyl halides is 3. The van der Waals surface area contributed by atoms with Crippen molar-refractivity contribution in [2.45, 2.75) is 13.3 Å². The number of piperazine rings is 1. The Labute approximate surface area is 195 Å². The van der Waals surface area contributed by atoms with Gasteiger partial charge in [-0.25, -0.2) is 4.98 Å². The van der Waals surface area contributed by atoms with Crippen LogP contribution in [0.2, 0.25) is 0 Å². The summed E-state index contributed by atoms with van der Waals surface area (Å²) in [6.07, 6.45) is -1.90. The lowest BCUT2D eigenvalue weighted by Crippen LogP contribution is -2.46. The fourth-order valence-electron chi connectivity index (χ4n) is 3.80. The third-order valence-electron chi connectivity index (χ3n) is 5.63. The molecule has 1 aliphatic heterocycles. The number of benzene rings is 2. The molecule has 1 saturated heterocycles. The standard InChI is InChI=1S/C25H25F3N4O2/c1-2-31-13-15-32(16-14-31)23-11-6-19-17-20(7-10-22(19)30-23)29-24(33)12-5-18-3-8-21(9-4-18)34-25(26,27)28/h3-12,17H,2,13-16H2,1H3,(H,29,33)/b12-5-. The van der Waals surface area contributed by atoms with E-state index in [2.05, 4.69) is 26.8 Å². The van der Waals surface area contributed by atoms with Crippen molar-refractivity contribution < 1.29 is 22.7 Å². The number of hydrogen-bond acceptors (Lipinski definition) is 5. The van der Waals surface area contributed by atoms with Crippen LogP contribution in [0.3, 0.4) is 0 Å². The molecule has 0 saturated carbocycles. The Morgan fingerprint density at radius 2 is 1.79 bits per heavy atom. The Balaban J connectivity index is 1.36. The van der Waals surface area contributed by atoms with Crippen molar-refractivity contribution >= 4 is 34.4 Å². The van der Waals surface area contributed by atoms with Crippen LogP contribution < -0.4 is 15.0 Å². The van der Waals surface area contributed by atoms with Crippen molar-refractivity contribution in [3.63, 3.8) is 0 Å². The Kier molecular flexibility index (Phi) is 7.02. The molecule has 1 aromatic heterocycles. The first-order chi connectivity index (χ1) is 16.3. The SMILES string of the molecule is CCN1CCN(c2ccc3cc(NC(=O)/C=C\c4ccc(OC(F)(F)F)cc4)ccc3n2)CC1. The van der Waals surface area contributed by atoms with Crippen LogP contribution in [0.25, 0.3) is 17.0 Å². The molecule has 0 unspecified atom stereocenters. The third kappa shape index (κ3) is 6.26. The second-order valence-corrected chi connectivity index (χ2v) is 7.94. The highest BCUT2D eigenvalue weighted by atomic mass is 19.4. The van der Waals surface area contributed by atoms with Crippen LogP contribution >= 0.6 is 0 Å². The van der Waals surface area contributed by atoms with Gasteiger partial charge < -0.3 is 19.9 Å². The van der Waals surface area contributed by atoms with Gasteiger partial charge in [-0.15, -0.1) is 13.2 Å². The van der Waals surface area contributed by atoms with Gasteiger partial charge in [0.1, 0.15) is 11.6 Å². The van der Waals surface area contributed by atoms with E-state index in [1.165, 1.54) is 36.4 Å². The van der Waals surface area contributed by atoms with Crippen molar-refractivity contribution in [3.8, 4) is 5.75 Å². The average molecular weight is 470 g/mol. The Morgan fingerprint density at radius 1 is 1.06 bits per heavy atom. The molecule has 0 aliphatic carbocycles. The van der Waals surface area contributed by atoms with E-state index in [1.807, 2.05) is 24.3 Å². The van der Waals surface area contributed by atoms with Gasteiger partial charge in [-0.3, -0.25) is 4.79 Å². The fourth-order valence-corrected chi connectivity index (χ4v) is 3.80. The number of nitrogens with one attached hydrogen (secondary N) is 1. The molecule has 2 heterocycles. The zero-order valence-electron chi connectivity index (χ0n) is 18.7. The van der Waals surface area contributed by atoms with Crippen LogP contribution in [-0.4, -0.2) is 54.9 Å². The topological polar surface area (TPSA) is 57.7 Å². The van der Waals surface area contributed by atoms with Crippen LogP contribution in [0.15, 0.2) is 60.7 Å². The van der Waals surface area contributed by atoms with E-state index in [-0.39, 0.29) is 11.7 Å². The number of rotatable bonds is 6. The predicted octanol–water partition coefficient (Wildman–Crippen LogP) is 4.93. The number of pyridine rings is 1. The lowest BCUT2D eigenvalue weighted by molar-refractivity contribution is -0.274. The number of anilines is 2. The van der Waals surface area contributed by atoms with Crippen LogP contribution in [0, 0.1) is 0 Å². The number of hydrogen-bond donors (Lipinski definition) is 1. The number of fused-ring (bicyclic) bond motifs is 1. The van der Waals surface area contributed by atoms with E-state index in [1.54, 1.807) is 6.07 Å². The maximum absolute atomic E-state index is 12.3. The minimum Gasteiger partial charge on any atom is -0.406 e. The fraction of sp³-hybridized carbons (Fsp3) is 0.280. The second kappa shape index (κ2) is 10.1. The summed E-state index contributed by atoms with van der Waals surface area (Å²) in [6, 6.07) is 14.8. The number of halogens is 3. The largest absolute Gasteiger partial charge is 0.573 e. The molecule has 1 amide bonds. The van der Waals surface area contributed by atoms with Gasteiger partial charge in [0, 0.05) is 43.3 Å². The third-order valence-corrected chi connectivity index (χ3v) is 5.63. The quantitative estimate of drug-likeness (QED) is 0.518. The highest BCUT2D eigenvalue weighted by Gasteiger charge is 2.30. The molecule has 2 aromatic carbocycles. The molecule has 6 nitrogen and oxygen atoms in total. The number of carbonyl (C=O) groups is 1. The number of aromatic nitrogens is 1. The summed E-state index contributed by atoms with van der Waals surface area (Å²) in [5.41, 5.74) is 2.05. The monoisotopic (exact) mass is 470 g/mol. The lowest BCUT2D eigenvalue weighted by Gasteiger charge is -2.34. The number of ether oxygens (including phenoxy) is 1. The van der Waals surface area contributed by atoms with Crippen LogP contribution in [0.1, 0.15) is 12.5 Å². The number of amides is 1. The summed E-state index contributed by atoms with van der Waals surface area (Å²) >= 11 is 0. The van der Waals surface area contributed by atoms with Crippen LogP contribution in [0.4, 0.5) is 24.7 Å². The average Bonchev–Trinajstić information content (AvgIpc) is 2.82. The molecule has 0 spiro atoms. The summed E-state index contributed by atoms with van der Waals surface area (Å²) < 4.78 is 40.5. The Hall–Kier alpha value is -3.59. The Bertz CT molecular complexity index is 1170. The minimum absolute atomic E-state index is 0.315. The van der Waals surface area contributed by atoms with E-state index in [0.717, 1.165) is 49.4 Å². The molecule has 0 atom stereocenters. The van der Waals surface area contributed by atoms with E-state index in [0.29, 0.717) is 11.3 Å². The van der Waals surface area contributed by atoms with Crippen molar-refractivity contribution in [2.75, 3.05) is 42.9 Å². The highest BCUT2D eigenvalue weighted by molar-refractivity contribution is 6.03. The van der Waals surface area contributed by atoms with Crippen molar-refractivity contribution in [1.82, 2.24) is 9.88 Å². The highest BCUT2D eigenvalue weighted by Crippen LogP contribution is 2.24. The van der Waals surface area contributed by atoms with Gasteiger partial charge >= 0.3 is 6.36 Å². The molecule has 9 heteroatoms.